The number of nitrogens with one attached hydrogen (secondary N) is 1. The predicted octanol–water partition coefficient (Wildman–Crippen LogP) is 1.10. The van der Waals surface area contributed by atoms with Crippen molar-refractivity contribution >= 4 is 5.91 Å². The molecular formula is C22H32N6O3. The summed E-state index contributed by atoms with van der Waals surface area (Å²) < 4.78 is 3.38. The zero-order valence-corrected chi connectivity index (χ0v) is 18.5. The summed E-state index contributed by atoms with van der Waals surface area (Å²) >= 11 is 0. The molecule has 1 saturated heterocycles. The predicted molar refractivity (Wildman–Crippen MR) is 116 cm³/mol. The van der Waals surface area contributed by atoms with Crippen molar-refractivity contribution in [3.05, 3.63) is 39.9 Å². The molecule has 2 N–H and O–H groups in total. The maximum absolute atomic E-state index is 12.5. The van der Waals surface area contributed by atoms with Crippen LogP contribution in [0.15, 0.2) is 23.0 Å². The van der Waals surface area contributed by atoms with Crippen LogP contribution >= 0.6 is 0 Å². The zero-order valence-electron chi connectivity index (χ0n) is 18.5. The highest BCUT2D eigenvalue weighted by molar-refractivity contribution is 5.73. The summed E-state index contributed by atoms with van der Waals surface area (Å²) in [7, 11) is 0. The number of aryl methyl sites for hydroxylation is 2. The van der Waals surface area contributed by atoms with Crippen molar-refractivity contribution in [3.8, 4) is 5.82 Å². The lowest BCUT2D eigenvalue weighted by Gasteiger charge is -2.32. The van der Waals surface area contributed by atoms with Crippen LogP contribution in [0.5, 0.6) is 0 Å². The molecule has 0 spiro atoms. The minimum Gasteiger partial charge on any atom is -0.387 e. The Morgan fingerprint density at radius 2 is 1.97 bits per heavy atom. The van der Waals surface area contributed by atoms with Crippen LogP contribution in [0.25, 0.3) is 5.82 Å². The number of amides is 1. The lowest BCUT2D eigenvalue weighted by molar-refractivity contribution is -0.128. The van der Waals surface area contributed by atoms with Crippen LogP contribution in [-0.4, -0.2) is 66.8 Å². The third-order valence-electron chi connectivity index (χ3n) is 6.58. The molecule has 1 amide bonds. The van der Waals surface area contributed by atoms with Gasteiger partial charge in [0, 0.05) is 37.8 Å². The van der Waals surface area contributed by atoms with E-state index in [0.29, 0.717) is 37.9 Å². The van der Waals surface area contributed by atoms with Crippen molar-refractivity contribution in [2.45, 2.75) is 70.6 Å². The van der Waals surface area contributed by atoms with Crippen LogP contribution in [-0.2, 0) is 4.79 Å². The molecule has 1 unspecified atom stereocenters. The van der Waals surface area contributed by atoms with Gasteiger partial charge in [-0.3, -0.25) is 9.59 Å². The van der Waals surface area contributed by atoms with E-state index in [4.69, 9.17) is 0 Å². The zero-order chi connectivity index (χ0) is 22.2. The standard InChI is InChI=1S/C22H32N6O3/c1-15-12-16(2)27(24-15)20-8-9-21(30)28(25-20)19-6-4-18(5-7-19)23-13-22(31)10-11-26(14-22)17(3)29/h8-9,12,18-19,23,31H,4-7,10-11,13-14H2,1-3H3. The number of carbonyl (C=O) groups excluding carboxylic acids is 1. The van der Waals surface area contributed by atoms with E-state index < -0.39 is 5.60 Å². The van der Waals surface area contributed by atoms with E-state index in [1.807, 2.05) is 19.9 Å². The molecule has 2 aromatic heterocycles. The first-order chi connectivity index (χ1) is 14.7. The minimum absolute atomic E-state index is 0.0112. The monoisotopic (exact) mass is 428 g/mol. The van der Waals surface area contributed by atoms with E-state index >= 15 is 0 Å². The summed E-state index contributed by atoms with van der Waals surface area (Å²) in [6, 6.07) is 5.63. The first-order valence-electron chi connectivity index (χ1n) is 11.1. The van der Waals surface area contributed by atoms with Crippen molar-refractivity contribution in [1.82, 2.24) is 29.8 Å². The van der Waals surface area contributed by atoms with Crippen LogP contribution in [0.2, 0.25) is 0 Å². The van der Waals surface area contributed by atoms with Gasteiger partial charge in [-0.15, -0.1) is 5.10 Å². The van der Waals surface area contributed by atoms with Gasteiger partial charge in [-0.2, -0.15) is 5.10 Å². The van der Waals surface area contributed by atoms with Crippen molar-refractivity contribution in [2.24, 2.45) is 0 Å². The SMILES string of the molecule is CC(=O)N1CCC(O)(CNC2CCC(n3nc(-n4nc(C)cc4C)ccc3=O)CC2)C1. The van der Waals surface area contributed by atoms with Crippen molar-refractivity contribution in [2.75, 3.05) is 19.6 Å². The van der Waals surface area contributed by atoms with Gasteiger partial charge in [-0.1, -0.05) is 0 Å². The fourth-order valence-electron chi connectivity index (χ4n) is 4.78. The van der Waals surface area contributed by atoms with Crippen LogP contribution < -0.4 is 10.9 Å². The lowest BCUT2D eigenvalue weighted by atomic mass is 9.90. The van der Waals surface area contributed by atoms with Crippen molar-refractivity contribution < 1.29 is 9.90 Å². The molecule has 2 aromatic rings. The van der Waals surface area contributed by atoms with Gasteiger partial charge in [-0.25, -0.2) is 9.36 Å². The fraction of sp³-hybridized carbons (Fsp3) is 0.636. The van der Waals surface area contributed by atoms with E-state index in [1.165, 1.54) is 0 Å². The highest BCUT2D eigenvalue weighted by Gasteiger charge is 2.37. The molecule has 9 nitrogen and oxygen atoms in total. The first kappa shape index (κ1) is 21.7. The van der Waals surface area contributed by atoms with E-state index in [9.17, 15) is 14.7 Å². The molecule has 0 aromatic carbocycles. The highest BCUT2D eigenvalue weighted by atomic mass is 16.3. The highest BCUT2D eigenvalue weighted by Crippen LogP contribution is 2.28. The Morgan fingerprint density at radius 3 is 2.58 bits per heavy atom. The second-order valence-corrected chi connectivity index (χ2v) is 9.11. The molecule has 9 heteroatoms. The van der Waals surface area contributed by atoms with Crippen molar-refractivity contribution in [1.29, 1.82) is 0 Å². The number of aromatic nitrogens is 4. The molecule has 31 heavy (non-hydrogen) atoms. The molecule has 0 radical (unpaired) electrons. The van der Waals surface area contributed by atoms with Gasteiger partial charge in [-0.05, 0) is 58.1 Å². The van der Waals surface area contributed by atoms with Crippen molar-refractivity contribution in [3.63, 3.8) is 0 Å². The molecular weight excluding hydrogens is 396 g/mol. The second kappa shape index (κ2) is 8.55. The number of carbonyl (C=O) groups is 1. The Morgan fingerprint density at radius 1 is 1.23 bits per heavy atom. The summed E-state index contributed by atoms with van der Waals surface area (Å²) in [6.07, 6.45) is 4.13. The summed E-state index contributed by atoms with van der Waals surface area (Å²) in [5, 5.41) is 23.3. The quantitative estimate of drug-likeness (QED) is 0.739. The topological polar surface area (TPSA) is 105 Å². The number of β-amino-alcohol motifs (C(OH)–C–C–N with tert-alkyl or cyclic N) is 1. The molecule has 168 valence electrons. The molecule has 1 saturated carbocycles. The number of nitrogens with zero attached hydrogens (tertiary/aromatic N) is 5. The summed E-state index contributed by atoms with van der Waals surface area (Å²) in [5.41, 5.74) is 0.955. The number of rotatable bonds is 5. The van der Waals surface area contributed by atoms with E-state index in [0.717, 1.165) is 37.1 Å². The average molecular weight is 429 g/mol. The number of aliphatic hydroxyl groups is 1. The van der Waals surface area contributed by atoms with E-state index in [1.54, 1.807) is 33.3 Å². The van der Waals surface area contributed by atoms with Gasteiger partial charge in [0.1, 0.15) is 0 Å². The lowest BCUT2D eigenvalue weighted by Crippen LogP contribution is -2.47. The van der Waals surface area contributed by atoms with Gasteiger partial charge in [0.05, 0.1) is 23.9 Å². The smallest absolute Gasteiger partial charge is 0.267 e. The first-order valence-corrected chi connectivity index (χ1v) is 11.1. The maximum atomic E-state index is 12.5. The fourth-order valence-corrected chi connectivity index (χ4v) is 4.78. The minimum atomic E-state index is -0.852. The van der Waals surface area contributed by atoms with Gasteiger partial charge in [0.15, 0.2) is 5.82 Å². The Balaban J connectivity index is 1.36. The average Bonchev–Trinajstić information content (AvgIpc) is 3.30. The Bertz CT molecular complexity index is 1010. The largest absolute Gasteiger partial charge is 0.387 e. The molecule has 1 aliphatic heterocycles. The van der Waals surface area contributed by atoms with Gasteiger partial charge in [0.25, 0.3) is 5.56 Å². The third kappa shape index (κ3) is 4.72. The van der Waals surface area contributed by atoms with E-state index in [-0.39, 0.29) is 17.5 Å². The van der Waals surface area contributed by atoms with Crippen LogP contribution in [0.4, 0.5) is 0 Å². The van der Waals surface area contributed by atoms with E-state index in [2.05, 4.69) is 15.5 Å². The molecule has 3 heterocycles. The van der Waals surface area contributed by atoms with Crippen LogP contribution in [0.1, 0.15) is 56.5 Å². The molecule has 1 aliphatic carbocycles. The Labute approximate surface area is 182 Å². The van der Waals surface area contributed by atoms with Gasteiger partial charge in [0.2, 0.25) is 5.91 Å². The van der Waals surface area contributed by atoms with Crippen LogP contribution in [0, 0.1) is 13.8 Å². The summed E-state index contributed by atoms with van der Waals surface area (Å²) in [4.78, 5) is 25.7. The Kier molecular flexibility index (Phi) is 5.98. The van der Waals surface area contributed by atoms with Gasteiger partial charge >= 0.3 is 0 Å². The molecule has 1 atom stereocenters. The van der Waals surface area contributed by atoms with Gasteiger partial charge < -0.3 is 15.3 Å². The maximum Gasteiger partial charge on any atom is 0.267 e. The molecule has 0 bridgehead atoms. The molecule has 4 rings (SSSR count). The van der Waals surface area contributed by atoms with Crippen LogP contribution in [0.3, 0.4) is 0 Å². The summed E-state index contributed by atoms with van der Waals surface area (Å²) in [6.45, 7) is 6.94. The second-order valence-electron chi connectivity index (χ2n) is 9.11. The number of hydrogen-bond acceptors (Lipinski definition) is 6. The third-order valence-corrected chi connectivity index (χ3v) is 6.58. The number of hydrogen-bond donors (Lipinski definition) is 2. The number of likely N-dealkylation sites (tertiary alicyclic amines) is 1. The molecule has 2 aliphatic rings. The normalized spacial score (nSPS) is 26.4. The summed E-state index contributed by atoms with van der Waals surface area (Å²) in [5.74, 6) is 0.668. The Hall–Kier alpha value is -2.52. The molecule has 2 fully saturated rings.